The van der Waals surface area contributed by atoms with Gasteiger partial charge in [0.05, 0.1) is 5.69 Å². The first-order valence-corrected chi connectivity index (χ1v) is 11.8. The van der Waals surface area contributed by atoms with Gasteiger partial charge in [-0.25, -0.2) is 4.98 Å². The Morgan fingerprint density at radius 2 is 1.81 bits per heavy atom. The van der Waals surface area contributed by atoms with Crippen molar-refractivity contribution in [3.8, 4) is 0 Å². The first-order valence-electron chi connectivity index (χ1n) is 10.8. The summed E-state index contributed by atoms with van der Waals surface area (Å²) in [4.78, 5) is 20.5. The largest absolute Gasteiger partial charge is 0.352 e. The Hall–Kier alpha value is -3.09. The molecule has 0 spiro atoms. The van der Waals surface area contributed by atoms with Crippen molar-refractivity contribution >= 4 is 23.3 Å². The molecule has 0 saturated heterocycles. The fourth-order valence-corrected chi connectivity index (χ4v) is 4.33. The molecule has 4 rings (SSSR count). The zero-order chi connectivity index (χ0) is 22.2. The first-order chi connectivity index (χ1) is 15.7. The summed E-state index contributed by atoms with van der Waals surface area (Å²) in [5.74, 6) is 0.775. The van der Waals surface area contributed by atoms with Crippen molar-refractivity contribution < 1.29 is 4.79 Å². The van der Waals surface area contributed by atoms with Crippen LogP contribution in [0, 0.1) is 0 Å². The monoisotopic (exact) mass is 444 g/mol. The molecule has 2 aromatic carbocycles. The highest BCUT2D eigenvalue weighted by atomic mass is 32.2. The van der Waals surface area contributed by atoms with Gasteiger partial charge in [0.25, 0.3) is 5.91 Å². The molecule has 1 amide bonds. The lowest BCUT2D eigenvalue weighted by atomic mass is 10.2. The second-order valence-electron chi connectivity index (χ2n) is 7.84. The third-order valence-corrected chi connectivity index (χ3v) is 6.26. The van der Waals surface area contributed by atoms with Crippen molar-refractivity contribution in [1.82, 2.24) is 19.6 Å². The van der Waals surface area contributed by atoms with E-state index in [9.17, 15) is 4.79 Å². The van der Waals surface area contributed by atoms with Crippen molar-refractivity contribution in [2.45, 2.75) is 23.6 Å². The summed E-state index contributed by atoms with van der Waals surface area (Å²) in [6.45, 7) is 2.53. The number of fused-ring (bicyclic) bond motifs is 1. The van der Waals surface area contributed by atoms with Crippen molar-refractivity contribution in [2.24, 2.45) is 0 Å². The number of carbonyl (C=O) groups excluding carboxylic acids is 1. The molecule has 4 aromatic rings. The minimum atomic E-state index is -0.0207. The summed E-state index contributed by atoms with van der Waals surface area (Å²) in [6, 6.07) is 24.2. The molecule has 0 aliphatic rings. The molecule has 1 N–H and O–H groups in total. The highest BCUT2D eigenvalue weighted by Gasteiger charge is 2.07. The van der Waals surface area contributed by atoms with E-state index in [-0.39, 0.29) is 5.91 Å². The van der Waals surface area contributed by atoms with E-state index < -0.39 is 0 Å². The number of imidazole rings is 1. The van der Waals surface area contributed by atoms with Crippen molar-refractivity contribution in [1.29, 1.82) is 0 Å². The van der Waals surface area contributed by atoms with Crippen LogP contribution in [0.3, 0.4) is 0 Å². The van der Waals surface area contributed by atoms with Gasteiger partial charge < -0.3 is 14.6 Å². The second kappa shape index (κ2) is 11.0. The maximum Gasteiger partial charge on any atom is 0.251 e. The van der Waals surface area contributed by atoms with Crippen LogP contribution in [0.2, 0.25) is 0 Å². The summed E-state index contributed by atoms with van der Waals surface area (Å²) in [7, 11) is 2.11. The highest BCUT2D eigenvalue weighted by Crippen LogP contribution is 2.23. The Morgan fingerprint density at radius 3 is 2.59 bits per heavy atom. The van der Waals surface area contributed by atoms with Crippen LogP contribution in [0.15, 0.2) is 90.1 Å². The van der Waals surface area contributed by atoms with Crippen molar-refractivity contribution in [3.05, 3.63) is 102 Å². The molecule has 0 atom stereocenters. The normalized spacial score (nSPS) is 11.2. The first kappa shape index (κ1) is 22.1. The summed E-state index contributed by atoms with van der Waals surface area (Å²) in [5, 5.41) is 3.03. The molecule has 0 aliphatic heterocycles. The Labute approximate surface area is 193 Å². The topological polar surface area (TPSA) is 49.6 Å². The minimum absolute atomic E-state index is 0.0207. The van der Waals surface area contributed by atoms with Crippen LogP contribution >= 0.6 is 11.8 Å². The van der Waals surface area contributed by atoms with E-state index in [4.69, 9.17) is 0 Å². The second-order valence-corrected chi connectivity index (χ2v) is 8.89. The van der Waals surface area contributed by atoms with Crippen molar-refractivity contribution in [2.75, 3.05) is 20.1 Å². The number of hydrogen-bond acceptors (Lipinski definition) is 4. The predicted molar refractivity (Wildman–Crippen MR) is 131 cm³/mol. The average molecular weight is 445 g/mol. The number of pyridine rings is 1. The van der Waals surface area contributed by atoms with Crippen LogP contribution < -0.4 is 5.32 Å². The van der Waals surface area contributed by atoms with Crippen LogP contribution in [0.25, 0.3) is 5.65 Å². The van der Waals surface area contributed by atoms with Crippen LogP contribution in [-0.2, 0) is 12.3 Å². The third-order valence-electron chi connectivity index (χ3n) is 5.21. The molecule has 164 valence electrons. The summed E-state index contributed by atoms with van der Waals surface area (Å²) < 4.78 is 2.03. The lowest BCUT2D eigenvalue weighted by Crippen LogP contribution is -2.28. The smallest absolute Gasteiger partial charge is 0.251 e. The Bertz CT molecular complexity index is 1110. The Kier molecular flexibility index (Phi) is 7.59. The van der Waals surface area contributed by atoms with Gasteiger partial charge in [0.1, 0.15) is 5.65 Å². The van der Waals surface area contributed by atoms with Gasteiger partial charge in [0, 0.05) is 41.7 Å². The number of benzene rings is 2. The molecular formula is C26H28N4OS. The molecule has 0 fully saturated rings. The Balaban J connectivity index is 1.18. The standard InChI is InChI=1S/C26H28N4OS/c1-29(18-21-8-3-2-4-9-21)16-7-15-27-26(31)22-11-13-24(14-12-22)32-20-23-19-30-17-6-5-10-25(30)28-23/h2-6,8-14,17,19H,7,15-16,18,20H2,1H3,(H,27,31). The summed E-state index contributed by atoms with van der Waals surface area (Å²) in [5.41, 5.74) is 4.00. The van der Waals surface area contributed by atoms with E-state index in [1.54, 1.807) is 11.8 Å². The molecule has 32 heavy (non-hydrogen) atoms. The molecule has 5 nitrogen and oxygen atoms in total. The Morgan fingerprint density at radius 1 is 1.03 bits per heavy atom. The van der Waals surface area contributed by atoms with E-state index in [1.165, 1.54) is 5.56 Å². The maximum atomic E-state index is 12.4. The number of hydrogen-bond donors (Lipinski definition) is 1. The van der Waals surface area contributed by atoms with Gasteiger partial charge >= 0.3 is 0 Å². The number of nitrogens with zero attached hydrogens (tertiary/aromatic N) is 3. The fourth-order valence-electron chi connectivity index (χ4n) is 3.54. The minimum Gasteiger partial charge on any atom is -0.352 e. The van der Waals surface area contributed by atoms with Crippen LogP contribution in [0.1, 0.15) is 28.0 Å². The highest BCUT2D eigenvalue weighted by molar-refractivity contribution is 7.98. The zero-order valence-corrected chi connectivity index (χ0v) is 19.1. The molecule has 6 heteroatoms. The number of amides is 1. The van der Waals surface area contributed by atoms with Gasteiger partial charge in [0.2, 0.25) is 0 Å². The van der Waals surface area contributed by atoms with Crippen molar-refractivity contribution in [3.63, 3.8) is 0 Å². The number of thioether (sulfide) groups is 1. The van der Waals surface area contributed by atoms with Gasteiger partial charge in [-0.1, -0.05) is 36.4 Å². The van der Waals surface area contributed by atoms with Gasteiger partial charge in [-0.05, 0) is 62.0 Å². The number of carbonyl (C=O) groups is 1. The van der Waals surface area contributed by atoms with Gasteiger partial charge in [-0.15, -0.1) is 11.8 Å². The zero-order valence-electron chi connectivity index (χ0n) is 18.3. The van der Waals surface area contributed by atoms with E-state index in [0.29, 0.717) is 12.1 Å². The molecule has 0 unspecified atom stereocenters. The fraction of sp³-hybridized carbons (Fsp3) is 0.231. The van der Waals surface area contributed by atoms with Gasteiger partial charge in [-0.2, -0.15) is 0 Å². The van der Waals surface area contributed by atoms with Crippen LogP contribution in [-0.4, -0.2) is 40.3 Å². The number of aromatic nitrogens is 2. The third kappa shape index (κ3) is 6.22. The number of nitrogens with one attached hydrogen (secondary N) is 1. The molecule has 2 heterocycles. The van der Waals surface area contributed by atoms with Crippen LogP contribution in [0.5, 0.6) is 0 Å². The molecule has 0 aliphatic carbocycles. The van der Waals surface area contributed by atoms with Gasteiger partial charge in [-0.3, -0.25) is 4.79 Å². The number of rotatable bonds is 10. The maximum absolute atomic E-state index is 12.4. The molecular weight excluding hydrogens is 416 g/mol. The van der Waals surface area contributed by atoms with Gasteiger partial charge in [0.15, 0.2) is 0 Å². The average Bonchev–Trinajstić information content (AvgIpc) is 3.24. The quantitative estimate of drug-likeness (QED) is 0.280. The van der Waals surface area contributed by atoms with E-state index >= 15 is 0 Å². The van der Waals surface area contributed by atoms with E-state index in [0.717, 1.165) is 41.5 Å². The summed E-state index contributed by atoms with van der Waals surface area (Å²) in [6.07, 6.45) is 4.98. The van der Waals surface area contributed by atoms with E-state index in [1.807, 2.05) is 59.1 Å². The van der Waals surface area contributed by atoms with E-state index in [2.05, 4.69) is 52.7 Å². The molecule has 0 radical (unpaired) electrons. The van der Waals surface area contributed by atoms with Crippen LogP contribution in [0.4, 0.5) is 0 Å². The summed E-state index contributed by atoms with van der Waals surface area (Å²) >= 11 is 1.72. The molecule has 0 saturated carbocycles. The molecule has 0 bridgehead atoms. The predicted octanol–water partition coefficient (Wildman–Crippen LogP) is 4.88. The lowest BCUT2D eigenvalue weighted by molar-refractivity contribution is 0.0952. The lowest BCUT2D eigenvalue weighted by Gasteiger charge is -2.16. The SMILES string of the molecule is CN(CCCNC(=O)c1ccc(SCc2cn3ccccc3n2)cc1)Cc1ccccc1. The molecule has 2 aromatic heterocycles.